The maximum absolute atomic E-state index is 11.8. The summed E-state index contributed by atoms with van der Waals surface area (Å²) in [6.45, 7) is -0.0302. The quantitative estimate of drug-likeness (QED) is 0.733. The van der Waals surface area contributed by atoms with E-state index in [0.29, 0.717) is 10.9 Å². The van der Waals surface area contributed by atoms with Crippen molar-refractivity contribution in [2.75, 3.05) is 0 Å². The van der Waals surface area contributed by atoms with Gasteiger partial charge in [0.25, 0.3) is 5.56 Å². The van der Waals surface area contributed by atoms with Crippen LogP contribution in [0, 0.1) is 0 Å². The number of nitrogens with zero attached hydrogens (tertiary/aromatic N) is 1. The molecule has 0 bridgehead atoms. The molecule has 0 saturated carbocycles. The fourth-order valence-electron chi connectivity index (χ4n) is 2.18. The molecule has 3 aromatic rings. The van der Waals surface area contributed by atoms with Crippen molar-refractivity contribution < 1.29 is 5.11 Å². The summed E-state index contributed by atoms with van der Waals surface area (Å²) in [7, 11) is 0. The first kappa shape index (κ1) is 11.6. The van der Waals surface area contributed by atoms with Gasteiger partial charge in [0.2, 0.25) is 0 Å². The van der Waals surface area contributed by atoms with E-state index in [9.17, 15) is 9.90 Å². The number of fused-ring (bicyclic) bond motifs is 1. The molecule has 0 fully saturated rings. The molecule has 0 saturated heterocycles. The molecule has 1 heterocycles. The van der Waals surface area contributed by atoms with Gasteiger partial charge in [-0.1, -0.05) is 30.3 Å². The minimum absolute atomic E-state index is 0.0302. The molecule has 3 rings (SSSR count). The van der Waals surface area contributed by atoms with Crippen molar-refractivity contribution in [3.63, 3.8) is 0 Å². The Bertz CT molecular complexity index is 793. The second-order valence-corrected chi connectivity index (χ2v) is 4.28. The lowest BCUT2D eigenvalue weighted by Crippen LogP contribution is -2.06. The molecule has 0 radical (unpaired) electrons. The molecule has 4 nitrogen and oxygen atoms in total. The van der Waals surface area contributed by atoms with E-state index in [1.165, 1.54) is 6.33 Å². The first-order valence-corrected chi connectivity index (χ1v) is 5.96. The van der Waals surface area contributed by atoms with Gasteiger partial charge in [-0.3, -0.25) is 4.79 Å². The summed E-state index contributed by atoms with van der Waals surface area (Å²) in [6.07, 6.45) is 1.39. The molecule has 0 amide bonds. The Morgan fingerprint density at radius 3 is 2.84 bits per heavy atom. The van der Waals surface area contributed by atoms with E-state index >= 15 is 0 Å². The van der Waals surface area contributed by atoms with Crippen molar-refractivity contribution in [2.45, 2.75) is 6.61 Å². The van der Waals surface area contributed by atoms with Crippen LogP contribution in [0.25, 0.3) is 22.0 Å². The van der Waals surface area contributed by atoms with Crippen molar-refractivity contribution in [2.24, 2.45) is 0 Å². The predicted molar refractivity (Wildman–Crippen MR) is 73.7 cm³/mol. The second kappa shape index (κ2) is 4.66. The van der Waals surface area contributed by atoms with Gasteiger partial charge in [0.05, 0.1) is 23.8 Å². The lowest BCUT2D eigenvalue weighted by molar-refractivity contribution is 0.282. The summed E-state index contributed by atoms with van der Waals surface area (Å²) in [4.78, 5) is 18.5. The molecule has 0 spiro atoms. The fourth-order valence-corrected chi connectivity index (χ4v) is 2.18. The highest BCUT2D eigenvalue weighted by Crippen LogP contribution is 2.25. The van der Waals surface area contributed by atoms with Crippen LogP contribution in [0.5, 0.6) is 0 Å². The van der Waals surface area contributed by atoms with Gasteiger partial charge >= 0.3 is 0 Å². The Morgan fingerprint density at radius 1 is 1.16 bits per heavy atom. The van der Waals surface area contributed by atoms with Gasteiger partial charge in [-0.25, -0.2) is 4.98 Å². The SMILES string of the molecule is O=c1[nH]cnc2ccc(-c3ccccc3CO)cc12. The molecular weight excluding hydrogens is 240 g/mol. The van der Waals surface area contributed by atoms with Crippen molar-refractivity contribution in [1.29, 1.82) is 0 Å². The number of benzene rings is 2. The lowest BCUT2D eigenvalue weighted by Gasteiger charge is -2.07. The molecule has 1 aromatic heterocycles. The smallest absolute Gasteiger partial charge is 0.258 e. The summed E-state index contributed by atoms with van der Waals surface area (Å²) in [6, 6.07) is 13.1. The Labute approximate surface area is 109 Å². The maximum Gasteiger partial charge on any atom is 0.258 e. The van der Waals surface area contributed by atoms with Crippen molar-refractivity contribution in [3.8, 4) is 11.1 Å². The number of aromatic nitrogens is 2. The van der Waals surface area contributed by atoms with Crippen molar-refractivity contribution >= 4 is 10.9 Å². The number of hydrogen-bond donors (Lipinski definition) is 2. The van der Waals surface area contributed by atoms with Gasteiger partial charge in [0, 0.05) is 0 Å². The standard InChI is InChI=1S/C15H12N2O2/c18-8-11-3-1-2-4-12(11)10-5-6-14-13(7-10)15(19)17-9-16-14/h1-7,9,18H,8H2,(H,16,17,19). The summed E-state index contributed by atoms with van der Waals surface area (Å²) >= 11 is 0. The summed E-state index contributed by atoms with van der Waals surface area (Å²) in [5, 5.41) is 9.92. The largest absolute Gasteiger partial charge is 0.392 e. The number of nitrogens with one attached hydrogen (secondary N) is 1. The van der Waals surface area contributed by atoms with Crippen LogP contribution >= 0.6 is 0 Å². The molecule has 94 valence electrons. The van der Waals surface area contributed by atoms with Crippen LogP contribution in [0.1, 0.15) is 5.56 Å². The van der Waals surface area contributed by atoms with E-state index < -0.39 is 0 Å². The molecule has 0 aliphatic carbocycles. The highest BCUT2D eigenvalue weighted by atomic mass is 16.3. The molecule has 2 N–H and O–H groups in total. The number of aliphatic hydroxyl groups is 1. The first-order chi connectivity index (χ1) is 9.29. The van der Waals surface area contributed by atoms with Crippen LogP contribution in [-0.4, -0.2) is 15.1 Å². The number of aliphatic hydroxyl groups excluding tert-OH is 1. The van der Waals surface area contributed by atoms with E-state index in [4.69, 9.17) is 0 Å². The molecule has 0 atom stereocenters. The van der Waals surface area contributed by atoms with Crippen LogP contribution in [0.3, 0.4) is 0 Å². The van der Waals surface area contributed by atoms with Crippen molar-refractivity contribution in [1.82, 2.24) is 9.97 Å². The zero-order valence-electron chi connectivity index (χ0n) is 10.1. The number of H-pyrrole nitrogens is 1. The zero-order chi connectivity index (χ0) is 13.2. The Balaban J connectivity index is 2.26. The van der Waals surface area contributed by atoms with Gasteiger partial charge < -0.3 is 10.1 Å². The van der Waals surface area contributed by atoms with Crippen LogP contribution in [0.4, 0.5) is 0 Å². The fraction of sp³-hybridized carbons (Fsp3) is 0.0667. The second-order valence-electron chi connectivity index (χ2n) is 4.28. The van der Waals surface area contributed by atoms with E-state index in [2.05, 4.69) is 9.97 Å². The molecule has 0 aliphatic heterocycles. The predicted octanol–water partition coefficient (Wildman–Crippen LogP) is 2.08. The summed E-state index contributed by atoms with van der Waals surface area (Å²) < 4.78 is 0. The topological polar surface area (TPSA) is 66.0 Å². The summed E-state index contributed by atoms with van der Waals surface area (Å²) in [5.41, 5.74) is 3.16. The van der Waals surface area contributed by atoms with Crippen LogP contribution < -0.4 is 5.56 Å². The zero-order valence-corrected chi connectivity index (χ0v) is 10.1. The first-order valence-electron chi connectivity index (χ1n) is 5.96. The van der Waals surface area contributed by atoms with E-state index in [0.717, 1.165) is 16.7 Å². The Kier molecular flexibility index (Phi) is 2.85. The Morgan fingerprint density at radius 2 is 2.00 bits per heavy atom. The molecule has 19 heavy (non-hydrogen) atoms. The summed E-state index contributed by atoms with van der Waals surface area (Å²) in [5.74, 6) is 0. The van der Waals surface area contributed by atoms with Crippen LogP contribution in [0.2, 0.25) is 0 Å². The average molecular weight is 252 g/mol. The third kappa shape index (κ3) is 2.02. The number of hydrogen-bond acceptors (Lipinski definition) is 3. The van der Waals surface area contributed by atoms with Crippen LogP contribution in [-0.2, 0) is 6.61 Å². The van der Waals surface area contributed by atoms with E-state index in [-0.39, 0.29) is 12.2 Å². The van der Waals surface area contributed by atoms with Gasteiger partial charge in [0.1, 0.15) is 0 Å². The Hall–Kier alpha value is -2.46. The molecule has 0 unspecified atom stereocenters. The average Bonchev–Trinajstić information content (AvgIpc) is 2.47. The van der Waals surface area contributed by atoms with Crippen LogP contribution in [0.15, 0.2) is 53.6 Å². The van der Waals surface area contributed by atoms with Gasteiger partial charge in [-0.15, -0.1) is 0 Å². The maximum atomic E-state index is 11.8. The molecular formula is C15H12N2O2. The van der Waals surface area contributed by atoms with Gasteiger partial charge in [0.15, 0.2) is 0 Å². The minimum Gasteiger partial charge on any atom is -0.392 e. The number of aromatic amines is 1. The molecule has 4 heteroatoms. The monoisotopic (exact) mass is 252 g/mol. The van der Waals surface area contributed by atoms with Crippen molar-refractivity contribution in [3.05, 3.63) is 64.7 Å². The highest BCUT2D eigenvalue weighted by molar-refractivity contribution is 5.84. The normalized spacial score (nSPS) is 10.8. The minimum atomic E-state index is -0.159. The highest BCUT2D eigenvalue weighted by Gasteiger charge is 2.06. The van der Waals surface area contributed by atoms with Gasteiger partial charge in [-0.05, 0) is 28.8 Å². The lowest BCUT2D eigenvalue weighted by atomic mass is 9.99. The van der Waals surface area contributed by atoms with E-state index in [1.54, 1.807) is 6.07 Å². The number of rotatable bonds is 2. The van der Waals surface area contributed by atoms with E-state index in [1.807, 2.05) is 36.4 Å². The molecule has 2 aromatic carbocycles. The third-order valence-electron chi connectivity index (χ3n) is 3.14. The molecule has 0 aliphatic rings. The van der Waals surface area contributed by atoms with Gasteiger partial charge in [-0.2, -0.15) is 0 Å². The third-order valence-corrected chi connectivity index (χ3v) is 3.14.